The first-order valence-corrected chi connectivity index (χ1v) is 21.7. The molecule has 3 unspecified atom stereocenters. The lowest BCUT2D eigenvalue weighted by atomic mass is 9.82. The summed E-state index contributed by atoms with van der Waals surface area (Å²) in [6.07, 6.45) is 23.7. The van der Waals surface area contributed by atoms with E-state index in [2.05, 4.69) is 182 Å². The molecular weight excluding hydrogens is 733 g/mol. The van der Waals surface area contributed by atoms with Crippen LogP contribution in [0.25, 0.3) is 70.0 Å². The van der Waals surface area contributed by atoms with Crippen molar-refractivity contribution in [2.24, 2.45) is 0 Å². The zero-order valence-corrected chi connectivity index (χ0v) is 33.4. The molecule has 0 N–H and O–H groups in total. The van der Waals surface area contributed by atoms with Crippen molar-refractivity contribution in [3.63, 3.8) is 0 Å². The van der Waals surface area contributed by atoms with Crippen LogP contribution in [0.1, 0.15) is 76.1 Å². The van der Waals surface area contributed by atoms with Gasteiger partial charge in [0.2, 0.25) is 0 Å². The molecule has 0 aliphatic heterocycles. The molecule has 3 aliphatic carbocycles. The summed E-state index contributed by atoms with van der Waals surface area (Å²) >= 11 is 1.99. The molecule has 0 saturated carbocycles. The quantitative estimate of drug-likeness (QED) is 0.163. The topological polar surface area (TPSA) is 25.8 Å². The van der Waals surface area contributed by atoms with Crippen molar-refractivity contribution in [2.75, 3.05) is 0 Å². The van der Waals surface area contributed by atoms with Crippen LogP contribution in [0.5, 0.6) is 0 Å². The Morgan fingerprint density at radius 1 is 0.508 bits per heavy atom. The van der Waals surface area contributed by atoms with Crippen LogP contribution in [0, 0.1) is 0 Å². The second-order valence-electron chi connectivity index (χ2n) is 16.3. The fourth-order valence-electron chi connectivity index (χ4n) is 10.0. The maximum atomic E-state index is 5.29. The van der Waals surface area contributed by atoms with Gasteiger partial charge in [-0.2, -0.15) is 0 Å². The fraction of sp³-hybridized carbons (Fsp3) is 0.107. The second kappa shape index (κ2) is 14.0. The summed E-state index contributed by atoms with van der Waals surface area (Å²) in [7, 11) is 0. The number of hydrogen-bond donors (Lipinski definition) is 0. The van der Waals surface area contributed by atoms with Crippen LogP contribution in [0.15, 0.2) is 182 Å². The lowest BCUT2D eigenvalue weighted by Gasteiger charge is -2.22. The number of fused-ring (bicyclic) bond motifs is 10. The van der Waals surface area contributed by atoms with Crippen molar-refractivity contribution in [2.45, 2.75) is 37.0 Å². The summed E-state index contributed by atoms with van der Waals surface area (Å²) in [5.41, 5.74) is 13.5. The molecule has 0 bridgehead atoms. The molecule has 3 aliphatic rings. The third-order valence-corrected chi connectivity index (χ3v) is 14.3. The van der Waals surface area contributed by atoms with Crippen molar-refractivity contribution in [3.8, 4) is 0 Å². The van der Waals surface area contributed by atoms with Gasteiger partial charge >= 0.3 is 0 Å². The van der Waals surface area contributed by atoms with E-state index in [0.717, 1.165) is 52.3 Å². The minimum atomic E-state index is 0.260. The molecule has 2 heterocycles. The molecule has 9 aromatic rings. The van der Waals surface area contributed by atoms with Gasteiger partial charge in [-0.15, -0.1) is 11.3 Å². The molecule has 0 fully saturated rings. The van der Waals surface area contributed by atoms with E-state index >= 15 is 0 Å². The number of benzene rings is 7. The highest BCUT2D eigenvalue weighted by molar-refractivity contribution is 7.26. The number of nitrogens with zero attached hydrogens (tertiary/aromatic N) is 2. The number of aromatic nitrogens is 2. The van der Waals surface area contributed by atoms with E-state index in [1.165, 1.54) is 69.9 Å². The van der Waals surface area contributed by atoms with Crippen molar-refractivity contribution in [1.82, 2.24) is 9.97 Å². The Hall–Kier alpha value is -6.68. The summed E-state index contributed by atoms with van der Waals surface area (Å²) in [6.45, 7) is 0. The normalized spacial score (nSPS) is 18.8. The van der Waals surface area contributed by atoms with Crippen molar-refractivity contribution in [1.29, 1.82) is 0 Å². The highest BCUT2D eigenvalue weighted by Crippen LogP contribution is 2.46. The lowest BCUT2D eigenvalue weighted by Crippen LogP contribution is -2.05. The Bertz CT molecular complexity index is 3300. The van der Waals surface area contributed by atoms with Gasteiger partial charge in [-0.05, 0) is 74.6 Å². The molecule has 3 atom stereocenters. The monoisotopic (exact) mass is 772 g/mol. The Kier molecular flexibility index (Phi) is 8.16. The fourth-order valence-corrected chi connectivity index (χ4v) is 11.5. The Balaban J connectivity index is 0.831. The summed E-state index contributed by atoms with van der Waals surface area (Å²) < 4.78 is 2.86. The highest BCUT2D eigenvalue weighted by Gasteiger charge is 2.24. The highest BCUT2D eigenvalue weighted by atomic mass is 32.1. The number of rotatable bonds is 5. The molecule has 0 radical (unpaired) electrons. The van der Waals surface area contributed by atoms with Crippen LogP contribution in [0.4, 0.5) is 0 Å². The van der Waals surface area contributed by atoms with Crippen molar-refractivity contribution in [3.05, 3.63) is 221 Å². The minimum Gasteiger partial charge on any atom is -0.252 e. The molecule has 7 aromatic carbocycles. The van der Waals surface area contributed by atoms with Crippen molar-refractivity contribution >= 4 is 81.3 Å². The van der Waals surface area contributed by atoms with Gasteiger partial charge in [-0.1, -0.05) is 182 Å². The van der Waals surface area contributed by atoms with Gasteiger partial charge in [0.1, 0.15) is 0 Å². The largest absolute Gasteiger partial charge is 0.252 e. The van der Waals surface area contributed by atoms with Crippen LogP contribution >= 0.6 is 11.3 Å². The SMILES string of the molecule is C1=CC(c2cnc3c4ccccc4c4ccccc4c3n2)=CC(c2cccc(C3=CCC(c4cccc5c4sc4c(C6CC=Cc7ccccc76)cccc45)C=C3)c2)C1. The first-order valence-electron chi connectivity index (χ1n) is 20.9. The summed E-state index contributed by atoms with van der Waals surface area (Å²) in [6, 6.07) is 49.1. The Morgan fingerprint density at radius 3 is 2.00 bits per heavy atom. The molecule has 59 heavy (non-hydrogen) atoms. The molecule has 280 valence electrons. The van der Waals surface area contributed by atoms with Crippen LogP contribution < -0.4 is 0 Å². The van der Waals surface area contributed by atoms with Gasteiger partial charge in [0, 0.05) is 48.7 Å². The molecular formula is C56H40N2S. The first-order chi connectivity index (χ1) is 29.2. The van der Waals surface area contributed by atoms with E-state index in [4.69, 9.17) is 9.97 Å². The van der Waals surface area contributed by atoms with Gasteiger partial charge in [0.05, 0.1) is 22.9 Å². The van der Waals surface area contributed by atoms with E-state index in [1.807, 2.05) is 17.5 Å². The molecule has 0 amide bonds. The van der Waals surface area contributed by atoms with Crippen LogP contribution in [0.3, 0.4) is 0 Å². The minimum absolute atomic E-state index is 0.260. The van der Waals surface area contributed by atoms with E-state index < -0.39 is 0 Å². The van der Waals surface area contributed by atoms with E-state index in [1.54, 1.807) is 0 Å². The van der Waals surface area contributed by atoms with Gasteiger partial charge in [-0.25, -0.2) is 4.98 Å². The van der Waals surface area contributed by atoms with E-state index in [-0.39, 0.29) is 5.92 Å². The van der Waals surface area contributed by atoms with Crippen LogP contribution in [-0.4, -0.2) is 9.97 Å². The maximum Gasteiger partial charge on any atom is 0.0979 e. The number of allylic oxidation sites excluding steroid dienone is 9. The Labute approximate surface area is 347 Å². The average Bonchev–Trinajstić information content (AvgIpc) is 3.71. The summed E-state index contributed by atoms with van der Waals surface area (Å²) in [5.74, 6) is 0.982. The summed E-state index contributed by atoms with van der Waals surface area (Å²) in [5, 5.41) is 7.48. The number of thiophene rings is 1. The predicted octanol–water partition coefficient (Wildman–Crippen LogP) is 15.1. The zero-order chi connectivity index (χ0) is 38.9. The molecule has 0 spiro atoms. The van der Waals surface area contributed by atoms with Crippen molar-refractivity contribution < 1.29 is 0 Å². The molecule has 12 rings (SSSR count). The van der Waals surface area contributed by atoms with Gasteiger partial charge < -0.3 is 0 Å². The smallest absolute Gasteiger partial charge is 0.0979 e. The molecule has 2 nitrogen and oxygen atoms in total. The summed E-state index contributed by atoms with van der Waals surface area (Å²) in [4.78, 5) is 10.3. The maximum absolute atomic E-state index is 5.29. The molecule has 0 saturated heterocycles. The van der Waals surface area contributed by atoms with E-state index in [9.17, 15) is 0 Å². The predicted molar refractivity (Wildman–Crippen MR) is 251 cm³/mol. The van der Waals surface area contributed by atoms with E-state index in [0.29, 0.717) is 11.8 Å². The molecule has 3 heteroatoms. The second-order valence-corrected chi connectivity index (χ2v) is 17.3. The van der Waals surface area contributed by atoms with Gasteiger partial charge in [-0.3, -0.25) is 4.98 Å². The van der Waals surface area contributed by atoms with Crippen LogP contribution in [0.2, 0.25) is 0 Å². The van der Waals surface area contributed by atoms with Gasteiger partial charge in [0.25, 0.3) is 0 Å². The molecule has 2 aromatic heterocycles. The third kappa shape index (κ3) is 5.75. The zero-order valence-electron chi connectivity index (χ0n) is 32.6. The van der Waals surface area contributed by atoms with Crippen LogP contribution in [-0.2, 0) is 0 Å². The third-order valence-electron chi connectivity index (χ3n) is 12.9. The average molecular weight is 773 g/mol. The Morgan fingerprint density at radius 2 is 1.19 bits per heavy atom. The number of hydrogen-bond acceptors (Lipinski definition) is 3. The van der Waals surface area contributed by atoms with Gasteiger partial charge in [0.15, 0.2) is 0 Å². The lowest BCUT2D eigenvalue weighted by molar-refractivity contribution is 0.828. The first kappa shape index (κ1) is 34.4. The standard InChI is InChI=1S/C56H40N2S/c1-2-18-42-36(12-1)13-9-24-44(42)49-25-11-27-51-50-26-10-23-43(55(50)59-56(49)51)37-30-28-35(29-31-37)38-14-7-15-39(32-38)40-16-8-17-41(33-40)52-34-57-53-47-21-5-3-19-45(47)46-20-4-6-22-48(46)54(53)58-52/h1-15,17-23,25-30,32-34,37,40,44H,16,24,31H2.